The number of hydrogen-bond donors (Lipinski definition) is 0. The summed E-state index contributed by atoms with van der Waals surface area (Å²) in [4.78, 5) is 23.7. The molecular weight excluding hydrogens is 240 g/mol. The summed E-state index contributed by atoms with van der Waals surface area (Å²) in [6.07, 6.45) is 0.0634. The highest BCUT2D eigenvalue weighted by molar-refractivity contribution is 6.10. The molecule has 0 aliphatic heterocycles. The molecule has 0 N–H and O–H groups in total. The van der Waals surface area contributed by atoms with Crippen molar-refractivity contribution in [3.63, 3.8) is 0 Å². The molecule has 0 bridgehead atoms. The predicted molar refractivity (Wildman–Crippen MR) is 69.3 cm³/mol. The molecule has 19 heavy (non-hydrogen) atoms. The minimum Gasteiger partial charge on any atom is -0.299 e. The van der Waals surface area contributed by atoms with E-state index < -0.39 is 5.78 Å². The Morgan fingerprint density at radius 1 is 1.16 bits per heavy atom. The van der Waals surface area contributed by atoms with E-state index >= 15 is 0 Å². The number of rotatable bonds is 5. The van der Waals surface area contributed by atoms with Gasteiger partial charge in [0.15, 0.2) is 5.78 Å². The van der Waals surface area contributed by atoms with Crippen LogP contribution < -0.4 is 0 Å². The minimum atomic E-state index is -0.459. The highest BCUT2D eigenvalue weighted by atomic mass is 16.1. The van der Waals surface area contributed by atoms with Gasteiger partial charge < -0.3 is 0 Å². The molecule has 96 valence electrons. The molecule has 0 saturated carbocycles. The summed E-state index contributed by atoms with van der Waals surface area (Å²) in [7, 11) is 0. The van der Waals surface area contributed by atoms with Crippen molar-refractivity contribution in [1.29, 1.82) is 10.5 Å². The molecule has 0 radical (unpaired) electrons. The molecule has 1 aromatic carbocycles. The Labute approximate surface area is 112 Å². The van der Waals surface area contributed by atoms with Gasteiger partial charge in [-0.2, -0.15) is 10.5 Å². The Morgan fingerprint density at radius 3 is 2.11 bits per heavy atom. The maximum atomic E-state index is 12.1. The Hall–Kier alpha value is -2.46. The highest BCUT2D eigenvalue weighted by Gasteiger charge is 2.19. The van der Waals surface area contributed by atoms with E-state index in [0.717, 1.165) is 0 Å². The molecule has 0 saturated heterocycles. The lowest BCUT2D eigenvalue weighted by Crippen LogP contribution is -2.13. The predicted octanol–water partition coefficient (Wildman–Crippen LogP) is 2.62. The van der Waals surface area contributed by atoms with Gasteiger partial charge in [0, 0.05) is 6.42 Å². The van der Waals surface area contributed by atoms with Crippen LogP contribution in [-0.2, 0) is 4.79 Å². The Kier molecular flexibility index (Phi) is 4.97. The van der Waals surface area contributed by atoms with Crippen LogP contribution in [0.1, 0.15) is 48.2 Å². The lowest BCUT2D eigenvalue weighted by atomic mass is 9.94. The fourth-order valence-corrected chi connectivity index (χ4v) is 1.83. The van der Waals surface area contributed by atoms with Crippen LogP contribution in [0.4, 0.5) is 0 Å². The average molecular weight is 254 g/mol. The van der Waals surface area contributed by atoms with Gasteiger partial charge >= 0.3 is 0 Å². The second kappa shape index (κ2) is 6.47. The quantitative estimate of drug-likeness (QED) is 0.597. The van der Waals surface area contributed by atoms with Gasteiger partial charge in [0.25, 0.3) is 0 Å². The van der Waals surface area contributed by atoms with Crippen molar-refractivity contribution in [3.8, 4) is 12.1 Å². The maximum Gasteiger partial charge on any atom is 0.172 e. The normalized spacial score (nSPS) is 9.74. The minimum absolute atomic E-state index is 0.0598. The zero-order valence-electron chi connectivity index (χ0n) is 10.9. The summed E-state index contributed by atoms with van der Waals surface area (Å²) in [6, 6.07) is 8.26. The Morgan fingerprint density at radius 2 is 1.68 bits per heavy atom. The van der Waals surface area contributed by atoms with E-state index in [2.05, 4.69) is 0 Å². The fraction of sp³-hybridized carbons (Fsp3) is 0.333. The number of ketones is 2. The monoisotopic (exact) mass is 254 g/mol. The van der Waals surface area contributed by atoms with Crippen LogP contribution >= 0.6 is 0 Å². The average Bonchev–Trinajstić information content (AvgIpc) is 2.36. The van der Waals surface area contributed by atoms with Crippen LogP contribution in [-0.4, -0.2) is 11.6 Å². The van der Waals surface area contributed by atoms with Crippen molar-refractivity contribution in [2.75, 3.05) is 0 Å². The lowest BCUT2D eigenvalue weighted by molar-refractivity contribution is -0.118. The van der Waals surface area contributed by atoms with E-state index in [-0.39, 0.29) is 34.8 Å². The number of benzene rings is 1. The van der Waals surface area contributed by atoms with Crippen molar-refractivity contribution in [1.82, 2.24) is 0 Å². The third-order valence-electron chi connectivity index (χ3n) is 2.58. The highest BCUT2D eigenvalue weighted by Crippen LogP contribution is 2.17. The molecule has 4 nitrogen and oxygen atoms in total. The van der Waals surface area contributed by atoms with Gasteiger partial charge in [0.1, 0.15) is 5.78 Å². The molecule has 4 heteroatoms. The second-order valence-corrected chi connectivity index (χ2v) is 4.69. The Balaban J connectivity index is 3.04. The zero-order valence-corrected chi connectivity index (χ0v) is 10.9. The van der Waals surface area contributed by atoms with Gasteiger partial charge in [0.2, 0.25) is 0 Å². The van der Waals surface area contributed by atoms with Crippen molar-refractivity contribution < 1.29 is 9.59 Å². The van der Waals surface area contributed by atoms with E-state index in [9.17, 15) is 9.59 Å². The molecule has 0 heterocycles. The standard InChI is InChI=1S/C15H14N2O2/c1-10(2)6-13(18)7-14(19)15-11(8-16)4-3-5-12(15)9-17/h3-5,10H,6-7H2,1-2H3. The molecule has 0 fully saturated rings. The molecule has 1 aromatic rings. The third-order valence-corrected chi connectivity index (χ3v) is 2.58. The first-order chi connectivity index (χ1) is 8.99. The molecule has 0 aromatic heterocycles. The van der Waals surface area contributed by atoms with Crippen LogP contribution in [0, 0.1) is 28.6 Å². The molecule has 0 aliphatic rings. The summed E-state index contributed by atoms with van der Waals surface area (Å²) in [6.45, 7) is 3.79. The summed E-state index contributed by atoms with van der Waals surface area (Å²) >= 11 is 0. The second-order valence-electron chi connectivity index (χ2n) is 4.69. The van der Waals surface area contributed by atoms with E-state index in [0.29, 0.717) is 6.42 Å². The summed E-state index contributed by atoms with van der Waals surface area (Å²) in [5.41, 5.74) is 0.340. The smallest absolute Gasteiger partial charge is 0.172 e. The maximum absolute atomic E-state index is 12.1. The molecule has 0 amide bonds. The Bertz CT molecular complexity index is 557. The van der Waals surface area contributed by atoms with Crippen LogP contribution in [0.15, 0.2) is 18.2 Å². The van der Waals surface area contributed by atoms with E-state index in [1.54, 1.807) is 6.07 Å². The number of nitriles is 2. The number of hydrogen-bond acceptors (Lipinski definition) is 4. The third kappa shape index (κ3) is 3.76. The van der Waals surface area contributed by atoms with Crippen LogP contribution in [0.25, 0.3) is 0 Å². The zero-order chi connectivity index (χ0) is 14.4. The van der Waals surface area contributed by atoms with Gasteiger partial charge in [0.05, 0.1) is 35.2 Å². The summed E-state index contributed by atoms with van der Waals surface area (Å²) < 4.78 is 0. The molecule has 0 atom stereocenters. The largest absolute Gasteiger partial charge is 0.299 e. The molecular formula is C15H14N2O2. The van der Waals surface area contributed by atoms with Crippen LogP contribution in [0.2, 0.25) is 0 Å². The molecule has 1 rings (SSSR count). The number of Topliss-reactive ketones (excluding diaryl/α,β-unsaturated/α-hetero) is 2. The van der Waals surface area contributed by atoms with Crippen LogP contribution in [0.3, 0.4) is 0 Å². The summed E-state index contributed by atoms with van der Waals surface area (Å²) in [5, 5.41) is 17.9. The first kappa shape index (κ1) is 14.6. The number of carbonyl (C=O) groups excluding carboxylic acids is 2. The van der Waals surface area contributed by atoms with Gasteiger partial charge in [-0.25, -0.2) is 0 Å². The first-order valence-corrected chi connectivity index (χ1v) is 5.97. The first-order valence-electron chi connectivity index (χ1n) is 5.97. The lowest BCUT2D eigenvalue weighted by Gasteiger charge is -2.06. The number of carbonyl (C=O) groups is 2. The molecule has 0 aliphatic carbocycles. The fourth-order valence-electron chi connectivity index (χ4n) is 1.83. The SMILES string of the molecule is CC(C)CC(=O)CC(=O)c1c(C#N)cccc1C#N. The van der Waals surface area contributed by atoms with E-state index in [1.165, 1.54) is 12.1 Å². The van der Waals surface area contributed by atoms with Crippen molar-refractivity contribution in [2.24, 2.45) is 5.92 Å². The van der Waals surface area contributed by atoms with E-state index in [1.807, 2.05) is 26.0 Å². The summed E-state index contributed by atoms with van der Waals surface area (Å²) in [5.74, 6) is -0.446. The topological polar surface area (TPSA) is 81.7 Å². The van der Waals surface area contributed by atoms with Gasteiger partial charge in [-0.1, -0.05) is 19.9 Å². The van der Waals surface area contributed by atoms with Gasteiger partial charge in [-0.15, -0.1) is 0 Å². The van der Waals surface area contributed by atoms with E-state index in [4.69, 9.17) is 10.5 Å². The van der Waals surface area contributed by atoms with Gasteiger partial charge in [-0.05, 0) is 18.1 Å². The van der Waals surface area contributed by atoms with Crippen molar-refractivity contribution >= 4 is 11.6 Å². The van der Waals surface area contributed by atoms with Crippen LogP contribution in [0.5, 0.6) is 0 Å². The molecule has 0 spiro atoms. The van der Waals surface area contributed by atoms with Crippen molar-refractivity contribution in [3.05, 3.63) is 34.9 Å². The van der Waals surface area contributed by atoms with Gasteiger partial charge in [-0.3, -0.25) is 9.59 Å². The molecule has 0 unspecified atom stereocenters. The van der Waals surface area contributed by atoms with Crippen molar-refractivity contribution in [2.45, 2.75) is 26.7 Å². The number of nitrogens with zero attached hydrogens (tertiary/aromatic N) is 2.